The molecule has 11 nitrogen and oxygen atoms in total. The highest BCUT2D eigenvalue weighted by Crippen LogP contribution is 2.37. The summed E-state index contributed by atoms with van der Waals surface area (Å²) in [6.07, 6.45) is 2.45. The molecule has 0 spiro atoms. The predicted molar refractivity (Wildman–Crippen MR) is 113 cm³/mol. The lowest BCUT2D eigenvalue weighted by atomic mass is 10.1. The average Bonchev–Trinajstić information content (AvgIpc) is 3.53. The van der Waals surface area contributed by atoms with E-state index in [9.17, 15) is 8.42 Å². The first kappa shape index (κ1) is 17.8. The molecule has 3 aromatic heterocycles. The number of sulfonamides is 1. The van der Waals surface area contributed by atoms with Crippen LogP contribution in [0.5, 0.6) is 17.4 Å². The van der Waals surface area contributed by atoms with Crippen molar-refractivity contribution in [2.75, 3.05) is 25.5 Å². The normalized spacial score (nSPS) is 18.6. The van der Waals surface area contributed by atoms with Gasteiger partial charge in [-0.25, -0.2) is 13.4 Å². The zero-order chi connectivity index (χ0) is 24.0. The third kappa shape index (κ3) is 3.47. The van der Waals surface area contributed by atoms with Gasteiger partial charge >= 0.3 is 0 Å². The van der Waals surface area contributed by atoms with Crippen LogP contribution in [0.4, 0.5) is 5.82 Å². The Bertz CT molecular complexity index is 1470. The first-order valence-electron chi connectivity index (χ1n) is 10.5. The lowest BCUT2D eigenvalue weighted by molar-refractivity contribution is 0.355. The van der Waals surface area contributed by atoms with E-state index in [4.69, 9.17) is 21.5 Å². The molecule has 0 saturated heterocycles. The van der Waals surface area contributed by atoms with Crippen LogP contribution in [-0.2, 0) is 23.0 Å². The zero-order valence-electron chi connectivity index (χ0n) is 19.0. The molecule has 0 radical (unpaired) electrons. The predicted octanol–water partition coefficient (Wildman–Crippen LogP) is 2.22. The van der Waals surface area contributed by atoms with Crippen LogP contribution in [0.15, 0.2) is 46.1 Å². The molecule has 2 unspecified atom stereocenters. The fourth-order valence-electron chi connectivity index (χ4n) is 3.36. The van der Waals surface area contributed by atoms with Crippen molar-refractivity contribution < 1.29 is 29.9 Å². The number of benzene rings is 1. The summed E-state index contributed by atoms with van der Waals surface area (Å²) >= 11 is 0. The van der Waals surface area contributed by atoms with Crippen molar-refractivity contribution in [1.82, 2.24) is 19.9 Å². The molecule has 4 heterocycles. The van der Waals surface area contributed by atoms with E-state index in [0.29, 0.717) is 17.8 Å². The standard InChI is InChI=1S/C20H19N5O6S/c1-28-15-8-12-4-7-30-14(12)10-17(15)32(26,27)24-19-18-16(31-23-19)9-13(22-20(18)29-2)11-25-6-3-5-21-25/h3,5-6,8-10H,4,7,11H2,1-2H3,(H,23,24)/i4D,7D. The van der Waals surface area contributed by atoms with E-state index in [1.165, 1.54) is 26.4 Å². The quantitative estimate of drug-likeness (QED) is 0.442. The second-order valence-electron chi connectivity index (χ2n) is 6.80. The Balaban J connectivity index is 1.52. The Labute approximate surface area is 185 Å². The van der Waals surface area contributed by atoms with Gasteiger partial charge in [-0.1, -0.05) is 5.16 Å². The third-order valence-corrected chi connectivity index (χ3v) is 6.17. The number of ether oxygens (including phenoxy) is 3. The Morgan fingerprint density at radius 2 is 2.16 bits per heavy atom. The summed E-state index contributed by atoms with van der Waals surface area (Å²) in [6, 6.07) is 6.02. The van der Waals surface area contributed by atoms with Crippen molar-refractivity contribution in [3.63, 3.8) is 0 Å². The fraction of sp³-hybridized carbons (Fsp3) is 0.250. The number of nitrogens with zero attached hydrogens (tertiary/aromatic N) is 4. The second-order valence-corrected chi connectivity index (χ2v) is 8.45. The van der Waals surface area contributed by atoms with Crippen molar-refractivity contribution in [2.24, 2.45) is 0 Å². The molecule has 12 heteroatoms. The number of methoxy groups -OCH3 is 2. The Morgan fingerprint density at radius 1 is 1.28 bits per heavy atom. The Hall–Kier alpha value is -3.80. The number of anilines is 1. The third-order valence-electron chi connectivity index (χ3n) is 4.81. The van der Waals surface area contributed by atoms with Crippen molar-refractivity contribution in [3.8, 4) is 17.4 Å². The zero-order valence-corrected chi connectivity index (χ0v) is 17.8. The fourth-order valence-corrected chi connectivity index (χ4v) is 4.53. The molecule has 5 rings (SSSR count). The van der Waals surface area contributed by atoms with Gasteiger partial charge in [0, 0.05) is 37.9 Å². The lowest BCUT2D eigenvalue weighted by Gasteiger charge is -2.12. The summed E-state index contributed by atoms with van der Waals surface area (Å²) in [5.41, 5.74) is 1.22. The van der Waals surface area contributed by atoms with Gasteiger partial charge in [0.2, 0.25) is 5.88 Å². The van der Waals surface area contributed by atoms with E-state index in [0.717, 1.165) is 0 Å². The molecule has 0 amide bonds. The number of aryl methyl sites for hydroxylation is 1. The average molecular weight is 459 g/mol. The summed E-state index contributed by atoms with van der Waals surface area (Å²) in [7, 11) is -1.53. The Kier molecular flexibility index (Phi) is 4.30. The van der Waals surface area contributed by atoms with Crippen molar-refractivity contribution in [3.05, 3.63) is 47.9 Å². The SMILES string of the molecule is [2H]C1Oc2cc(S(=O)(=O)Nc3noc4cc(Cn5cccn5)nc(OC)c34)c(OC)cc2C1[2H]. The van der Waals surface area contributed by atoms with E-state index in [1.807, 2.05) is 0 Å². The largest absolute Gasteiger partial charge is 0.495 e. The van der Waals surface area contributed by atoms with E-state index in [2.05, 4.69) is 20.0 Å². The van der Waals surface area contributed by atoms with Gasteiger partial charge in [0.25, 0.3) is 10.0 Å². The highest BCUT2D eigenvalue weighted by Gasteiger charge is 2.28. The van der Waals surface area contributed by atoms with Gasteiger partial charge in [0.15, 0.2) is 11.4 Å². The van der Waals surface area contributed by atoms with Crippen LogP contribution in [0.2, 0.25) is 0 Å². The van der Waals surface area contributed by atoms with Crippen molar-refractivity contribution in [2.45, 2.75) is 17.8 Å². The van der Waals surface area contributed by atoms with Crippen LogP contribution in [0.25, 0.3) is 11.0 Å². The second kappa shape index (κ2) is 7.71. The minimum absolute atomic E-state index is 0.000555. The minimum atomic E-state index is -4.25. The topological polar surface area (TPSA) is 131 Å². The summed E-state index contributed by atoms with van der Waals surface area (Å²) in [5.74, 6) is 0.136. The molecule has 32 heavy (non-hydrogen) atoms. The monoisotopic (exact) mass is 459 g/mol. The number of hydrogen-bond acceptors (Lipinski definition) is 9. The molecule has 0 fully saturated rings. The first-order valence-corrected chi connectivity index (χ1v) is 10.9. The van der Waals surface area contributed by atoms with Crippen LogP contribution >= 0.6 is 0 Å². The van der Waals surface area contributed by atoms with Gasteiger partial charge < -0.3 is 18.7 Å². The molecule has 166 valence electrons. The van der Waals surface area contributed by atoms with E-state index >= 15 is 0 Å². The molecule has 0 bridgehead atoms. The van der Waals surface area contributed by atoms with Crippen molar-refractivity contribution >= 4 is 26.8 Å². The molecular formula is C20H19N5O6S. The van der Waals surface area contributed by atoms with Crippen LogP contribution in [0.1, 0.15) is 14.0 Å². The number of nitrogens with one attached hydrogen (secondary N) is 1. The number of fused-ring (bicyclic) bond motifs is 2. The maximum absolute atomic E-state index is 13.3. The number of rotatable bonds is 7. The van der Waals surface area contributed by atoms with Crippen LogP contribution < -0.4 is 18.9 Å². The summed E-state index contributed by atoms with van der Waals surface area (Å²) < 4.78 is 67.7. The van der Waals surface area contributed by atoms with E-state index < -0.39 is 23.0 Å². The molecule has 1 aromatic carbocycles. The number of pyridine rings is 1. The molecule has 4 aromatic rings. The first-order chi connectivity index (χ1) is 16.3. The molecule has 0 aliphatic carbocycles. The minimum Gasteiger partial charge on any atom is -0.495 e. The summed E-state index contributed by atoms with van der Waals surface area (Å²) in [6.45, 7) is -0.808. The van der Waals surface area contributed by atoms with Crippen molar-refractivity contribution in [1.29, 1.82) is 0 Å². The van der Waals surface area contributed by atoms with Gasteiger partial charge in [0.05, 0.1) is 34.4 Å². The van der Waals surface area contributed by atoms with Gasteiger partial charge in [-0.2, -0.15) is 5.10 Å². The van der Waals surface area contributed by atoms with Gasteiger partial charge in [-0.05, 0) is 12.1 Å². The van der Waals surface area contributed by atoms with E-state index in [1.54, 1.807) is 29.2 Å². The molecular weight excluding hydrogens is 438 g/mol. The maximum Gasteiger partial charge on any atom is 0.266 e. The Morgan fingerprint density at radius 3 is 2.91 bits per heavy atom. The lowest BCUT2D eigenvalue weighted by Crippen LogP contribution is -2.15. The van der Waals surface area contributed by atoms with Gasteiger partial charge in [-0.15, -0.1) is 0 Å². The molecule has 1 aliphatic rings. The smallest absolute Gasteiger partial charge is 0.266 e. The van der Waals surface area contributed by atoms with E-state index in [-0.39, 0.29) is 39.1 Å². The summed E-state index contributed by atoms with van der Waals surface area (Å²) in [4.78, 5) is 4.18. The number of hydrogen-bond donors (Lipinski definition) is 1. The summed E-state index contributed by atoms with van der Waals surface area (Å²) in [5, 5.41) is 8.24. The number of aromatic nitrogens is 4. The van der Waals surface area contributed by atoms with Gasteiger partial charge in [0.1, 0.15) is 21.8 Å². The molecule has 2 atom stereocenters. The molecule has 1 aliphatic heterocycles. The maximum atomic E-state index is 13.3. The van der Waals surface area contributed by atoms with Gasteiger partial charge in [-0.3, -0.25) is 9.40 Å². The molecule has 1 N–H and O–H groups in total. The van der Waals surface area contributed by atoms with Crippen LogP contribution in [0.3, 0.4) is 0 Å². The molecule has 0 saturated carbocycles. The highest BCUT2D eigenvalue weighted by molar-refractivity contribution is 7.92. The van der Waals surface area contributed by atoms with Crippen LogP contribution in [-0.4, -0.2) is 49.1 Å². The highest BCUT2D eigenvalue weighted by atomic mass is 32.2. The van der Waals surface area contributed by atoms with Crippen LogP contribution in [0, 0.1) is 0 Å².